The van der Waals surface area contributed by atoms with Crippen LogP contribution in [0, 0.1) is 0 Å². The Kier molecular flexibility index (Phi) is 5.99. The summed E-state index contributed by atoms with van der Waals surface area (Å²) in [4.78, 5) is 12.2. The molecule has 21 heavy (non-hydrogen) atoms. The quantitative estimate of drug-likeness (QED) is 0.865. The highest BCUT2D eigenvalue weighted by molar-refractivity contribution is 6.30. The van der Waals surface area contributed by atoms with Crippen LogP contribution in [-0.2, 0) is 14.3 Å². The van der Waals surface area contributed by atoms with Crippen molar-refractivity contribution in [2.75, 3.05) is 26.8 Å². The number of methoxy groups -OCH3 is 1. The Bertz CT molecular complexity index is 466. The highest BCUT2D eigenvalue weighted by atomic mass is 35.5. The second-order valence-electron chi connectivity index (χ2n) is 5.03. The number of carbonyl (C=O) groups excluding carboxylic acids is 1. The van der Waals surface area contributed by atoms with Crippen LogP contribution in [0.15, 0.2) is 24.3 Å². The van der Waals surface area contributed by atoms with E-state index in [9.17, 15) is 4.79 Å². The first-order valence-electron chi connectivity index (χ1n) is 7.02. The van der Waals surface area contributed by atoms with Crippen molar-refractivity contribution in [2.24, 2.45) is 0 Å². The zero-order valence-corrected chi connectivity index (χ0v) is 13.0. The predicted octanol–water partition coefficient (Wildman–Crippen LogP) is 1.52. The fourth-order valence-corrected chi connectivity index (χ4v) is 2.47. The van der Waals surface area contributed by atoms with Crippen molar-refractivity contribution >= 4 is 17.5 Å². The Labute approximate surface area is 130 Å². The lowest BCUT2D eigenvalue weighted by Gasteiger charge is -2.29. The molecule has 5 nitrogen and oxygen atoms in total. The van der Waals surface area contributed by atoms with Gasteiger partial charge >= 0.3 is 0 Å². The molecule has 1 unspecified atom stereocenters. The minimum atomic E-state index is -0.318. The molecule has 1 aromatic carbocycles. The molecule has 0 bridgehead atoms. The normalized spacial score (nSPS) is 23.6. The van der Waals surface area contributed by atoms with Gasteiger partial charge in [-0.1, -0.05) is 23.7 Å². The largest absolute Gasteiger partial charge is 0.375 e. The van der Waals surface area contributed by atoms with Gasteiger partial charge < -0.3 is 20.1 Å². The van der Waals surface area contributed by atoms with Gasteiger partial charge in [0.15, 0.2) is 0 Å². The molecular formula is C15H21ClN2O3. The lowest BCUT2D eigenvalue weighted by atomic mass is 10.1. The maximum absolute atomic E-state index is 12.2. The standard InChI is InChI=1S/C15H21ClN2O3/c1-10-14(17-7-8-21-10)15(19)18-9-13(20-2)11-3-5-12(16)6-4-11/h3-6,10,13-14,17H,7-9H2,1-2H3,(H,18,19)/t10-,13?,14+/m1/s1. The number of carbonyl (C=O) groups is 1. The van der Waals surface area contributed by atoms with Crippen LogP contribution in [0.1, 0.15) is 18.6 Å². The van der Waals surface area contributed by atoms with Crippen molar-refractivity contribution in [1.82, 2.24) is 10.6 Å². The number of rotatable bonds is 5. The highest BCUT2D eigenvalue weighted by Gasteiger charge is 2.28. The number of amides is 1. The van der Waals surface area contributed by atoms with Crippen LogP contribution in [0.2, 0.25) is 5.02 Å². The van der Waals surface area contributed by atoms with Crippen LogP contribution in [0.5, 0.6) is 0 Å². The molecule has 1 fully saturated rings. The van der Waals surface area contributed by atoms with E-state index >= 15 is 0 Å². The number of ether oxygens (including phenoxy) is 2. The molecule has 1 heterocycles. The molecule has 1 aromatic rings. The SMILES string of the molecule is COC(CNC(=O)[C@H]1NCCO[C@@H]1C)c1ccc(Cl)cc1. The van der Waals surface area contributed by atoms with Crippen molar-refractivity contribution in [3.05, 3.63) is 34.9 Å². The van der Waals surface area contributed by atoms with E-state index in [1.54, 1.807) is 7.11 Å². The molecule has 0 spiro atoms. The second-order valence-corrected chi connectivity index (χ2v) is 5.47. The first-order valence-corrected chi connectivity index (χ1v) is 7.40. The summed E-state index contributed by atoms with van der Waals surface area (Å²) in [6.45, 7) is 3.62. The molecular weight excluding hydrogens is 292 g/mol. The molecule has 1 aliphatic rings. The summed E-state index contributed by atoms with van der Waals surface area (Å²) in [6.07, 6.45) is -0.332. The first kappa shape index (κ1) is 16.2. The molecule has 0 saturated carbocycles. The molecule has 0 radical (unpaired) electrons. The molecule has 2 N–H and O–H groups in total. The van der Waals surface area contributed by atoms with Crippen LogP contribution < -0.4 is 10.6 Å². The van der Waals surface area contributed by atoms with Crippen LogP contribution in [-0.4, -0.2) is 44.9 Å². The number of hydrogen-bond donors (Lipinski definition) is 2. The van der Waals surface area contributed by atoms with Gasteiger partial charge in [0, 0.05) is 25.2 Å². The van der Waals surface area contributed by atoms with E-state index in [0.29, 0.717) is 24.7 Å². The van der Waals surface area contributed by atoms with Crippen molar-refractivity contribution in [3.8, 4) is 0 Å². The van der Waals surface area contributed by atoms with Crippen molar-refractivity contribution in [3.63, 3.8) is 0 Å². The molecule has 116 valence electrons. The van der Waals surface area contributed by atoms with E-state index in [0.717, 1.165) is 5.56 Å². The lowest BCUT2D eigenvalue weighted by Crippen LogP contribution is -2.55. The third kappa shape index (κ3) is 4.41. The summed E-state index contributed by atoms with van der Waals surface area (Å²) in [5.41, 5.74) is 0.975. The Morgan fingerprint density at radius 1 is 1.52 bits per heavy atom. The third-order valence-corrected chi connectivity index (χ3v) is 3.84. The predicted molar refractivity (Wildman–Crippen MR) is 81.4 cm³/mol. The minimum Gasteiger partial charge on any atom is -0.375 e. The highest BCUT2D eigenvalue weighted by Crippen LogP contribution is 2.18. The number of benzene rings is 1. The molecule has 0 aliphatic carbocycles. The summed E-state index contributed by atoms with van der Waals surface area (Å²) in [7, 11) is 1.62. The summed E-state index contributed by atoms with van der Waals surface area (Å²) in [5, 5.41) is 6.75. The summed E-state index contributed by atoms with van der Waals surface area (Å²) in [6, 6.07) is 7.09. The van der Waals surface area contributed by atoms with Crippen LogP contribution in [0.3, 0.4) is 0 Å². The average molecular weight is 313 g/mol. The Hall–Kier alpha value is -1.14. The van der Waals surface area contributed by atoms with Gasteiger partial charge in [-0.15, -0.1) is 0 Å². The molecule has 1 amide bonds. The van der Waals surface area contributed by atoms with Gasteiger partial charge in [-0.05, 0) is 24.6 Å². The van der Waals surface area contributed by atoms with Gasteiger partial charge in [-0.2, -0.15) is 0 Å². The van der Waals surface area contributed by atoms with Crippen LogP contribution in [0.4, 0.5) is 0 Å². The van der Waals surface area contributed by atoms with E-state index in [4.69, 9.17) is 21.1 Å². The molecule has 6 heteroatoms. The molecule has 2 rings (SSSR count). The second kappa shape index (κ2) is 7.75. The van der Waals surface area contributed by atoms with Gasteiger partial charge in [-0.25, -0.2) is 0 Å². The van der Waals surface area contributed by atoms with Gasteiger partial charge in [0.05, 0.1) is 18.8 Å². The lowest BCUT2D eigenvalue weighted by molar-refractivity contribution is -0.129. The Morgan fingerprint density at radius 2 is 2.24 bits per heavy atom. The van der Waals surface area contributed by atoms with Crippen molar-refractivity contribution in [2.45, 2.75) is 25.2 Å². The zero-order valence-electron chi connectivity index (χ0n) is 12.3. The maximum Gasteiger partial charge on any atom is 0.239 e. The van der Waals surface area contributed by atoms with Crippen LogP contribution in [0.25, 0.3) is 0 Å². The monoisotopic (exact) mass is 312 g/mol. The van der Waals surface area contributed by atoms with E-state index in [2.05, 4.69) is 10.6 Å². The average Bonchev–Trinajstić information content (AvgIpc) is 2.49. The summed E-state index contributed by atoms with van der Waals surface area (Å²) >= 11 is 5.87. The molecule has 1 saturated heterocycles. The van der Waals surface area contributed by atoms with Gasteiger partial charge in [0.25, 0.3) is 0 Å². The fraction of sp³-hybridized carbons (Fsp3) is 0.533. The van der Waals surface area contributed by atoms with Crippen molar-refractivity contribution < 1.29 is 14.3 Å². The van der Waals surface area contributed by atoms with Gasteiger partial charge in [0.2, 0.25) is 5.91 Å². The smallest absolute Gasteiger partial charge is 0.239 e. The van der Waals surface area contributed by atoms with E-state index in [1.807, 2.05) is 31.2 Å². The summed E-state index contributed by atoms with van der Waals surface area (Å²) in [5.74, 6) is -0.0711. The van der Waals surface area contributed by atoms with E-state index in [-0.39, 0.29) is 24.2 Å². The first-order chi connectivity index (χ1) is 10.1. The van der Waals surface area contributed by atoms with Gasteiger partial charge in [-0.3, -0.25) is 4.79 Å². The maximum atomic E-state index is 12.2. The van der Waals surface area contributed by atoms with Crippen LogP contribution >= 0.6 is 11.6 Å². The van der Waals surface area contributed by atoms with E-state index in [1.165, 1.54) is 0 Å². The topological polar surface area (TPSA) is 59.6 Å². The molecule has 0 aromatic heterocycles. The Morgan fingerprint density at radius 3 is 2.86 bits per heavy atom. The Balaban J connectivity index is 1.90. The zero-order chi connectivity index (χ0) is 15.2. The van der Waals surface area contributed by atoms with E-state index < -0.39 is 0 Å². The van der Waals surface area contributed by atoms with Gasteiger partial charge in [0.1, 0.15) is 6.04 Å². The number of morpholine rings is 1. The fourth-order valence-electron chi connectivity index (χ4n) is 2.35. The number of hydrogen-bond acceptors (Lipinski definition) is 4. The molecule has 1 aliphatic heterocycles. The number of halogens is 1. The van der Waals surface area contributed by atoms with Crippen molar-refractivity contribution in [1.29, 1.82) is 0 Å². The summed E-state index contributed by atoms with van der Waals surface area (Å²) < 4.78 is 10.9. The third-order valence-electron chi connectivity index (χ3n) is 3.59. The molecule has 3 atom stereocenters. The minimum absolute atomic E-state index is 0.0711. The number of nitrogens with one attached hydrogen (secondary N) is 2.